The van der Waals surface area contributed by atoms with Crippen molar-refractivity contribution in [3.8, 4) is 0 Å². The summed E-state index contributed by atoms with van der Waals surface area (Å²) in [5.41, 5.74) is 0.342. The van der Waals surface area contributed by atoms with Crippen LogP contribution in [0.4, 0.5) is 4.39 Å². The summed E-state index contributed by atoms with van der Waals surface area (Å²) in [6.45, 7) is 4.91. The molecule has 0 heterocycles. The fraction of sp³-hybridized carbons (Fsp3) is 0.571. The molecule has 2 atom stereocenters. The van der Waals surface area contributed by atoms with Crippen LogP contribution in [0.25, 0.3) is 0 Å². The van der Waals surface area contributed by atoms with Gasteiger partial charge in [0.1, 0.15) is 10.7 Å². The Balaban J connectivity index is 2.27. The number of sulfonamides is 1. The molecule has 4 nitrogen and oxygen atoms in total. The number of benzene rings is 1. The molecule has 1 saturated carbocycles. The summed E-state index contributed by atoms with van der Waals surface area (Å²) in [5.74, 6) is -0.309. The highest BCUT2D eigenvalue weighted by Crippen LogP contribution is 2.35. The first-order chi connectivity index (χ1) is 9.89. The van der Waals surface area contributed by atoms with E-state index in [-0.39, 0.29) is 10.9 Å². The van der Waals surface area contributed by atoms with Gasteiger partial charge in [0, 0.05) is 22.6 Å². The molecule has 1 aliphatic carbocycles. The third kappa shape index (κ3) is 4.03. The van der Waals surface area contributed by atoms with Crippen LogP contribution >= 0.6 is 15.9 Å². The molecule has 0 saturated heterocycles. The van der Waals surface area contributed by atoms with E-state index in [1.165, 1.54) is 6.07 Å². The smallest absolute Gasteiger partial charge is 0.243 e. The first-order valence-corrected chi connectivity index (χ1v) is 9.37. The summed E-state index contributed by atoms with van der Waals surface area (Å²) in [7, 11) is -3.82. The van der Waals surface area contributed by atoms with Gasteiger partial charge >= 0.3 is 0 Å². The first-order valence-electron chi connectivity index (χ1n) is 7.10. The standard InChI is InChI=1S/C14H20BrFN2O2S/c1-3-9-6-12(9)18-21(19,20)13-7-11(15)5-10(14(13)16)8-17-4-2/h5,7,9,12,17-18H,3-4,6,8H2,1-2H3. The summed E-state index contributed by atoms with van der Waals surface area (Å²) < 4.78 is 42.3. The average Bonchev–Trinajstić information content (AvgIpc) is 3.16. The van der Waals surface area contributed by atoms with Gasteiger partial charge in [-0.1, -0.05) is 36.2 Å². The zero-order chi connectivity index (χ0) is 15.6. The zero-order valence-electron chi connectivity index (χ0n) is 12.1. The lowest BCUT2D eigenvalue weighted by Crippen LogP contribution is -2.28. The molecule has 1 fully saturated rings. The molecule has 0 amide bonds. The molecule has 2 rings (SSSR count). The van der Waals surface area contributed by atoms with E-state index < -0.39 is 15.8 Å². The van der Waals surface area contributed by atoms with Crippen molar-refractivity contribution >= 4 is 26.0 Å². The van der Waals surface area contributed by atoms with E-state index in [2.05, 4.69) is 26.0 Å². The second kappa shape index (κ2) is 6.73. The summed E-state index contributed by atoms with van der Waals surface area (Å²) in [6.07, 6.45) is 1.76. The highest BCUT2D eigenvalue weighted by Gasteiger charge is 2.39. The second-order valence-corrected chi connectivity index (χ2v) is 7.89. The lowest BCUT2D eigenvalue weighted by molar-refractivity contribution is 0.541. The van der Waals surface area contributed by atoms with Gasteiger partial charge in [-0.2, -0.15) is 0 Å². The highest BCUT2D eigenvalue weighted by atomic mass is 79.9. The van der Waals surface area contributed by atoms with Gasteiger partial charge in [0.25, 0.3) is 0 Å². The summed E-state index contributed by atoms with van der Waals surface area (Å²) in [6, 6.07) is 2.86. The predicted molar refractivity (Wildman–Crippen MR) is 84.0 cm³/mol. The molecule has 2 N–H and O–H groups in total. The fourth-order valence-electron chi connectivity index (χ4n) is 2.31. The summed E-state index contributed by atoms with van der Waals surface area (Å²) in [4.78, 5) is -0.286. The highest BCUT2D eigenvalue weighted by molar-refractivity contribution is 9.10. The van der Waals surface area contributed by atoms with Crippen LogP contribution in [0.3, 0.4) is 0 Å². The van der Waals surface area contributed by atoms with Crippen LogP contribution in [0.5, 0.6) is 0 Å². The van der Waals surface area contributed by atoms with Gasteiger partial charge in [-0.3, -0.25) is 0 Å². The minimum Gasteiger partial charge on any atom is -0.313 e. The number of halogens is 2. The third-order valence-electron chi connectivity index (χ3n) is 3.69. The van der Waals surface area contributed by atoms with Gasteiger partial charge in [0.15, 0.2) is 0 Å². The molecule has 1 aromatic rings. The Morgan fingerprint density at radius 3 is 2.67 bits per heavy atom. The second-order valence-electron chi connectivity index (χ2n) is 5.29. The molecular formula is C14H20BrFN2O2S. The number of hydrogen-bond donors (Lipinski definition) is 2. The molecule has 118 valence electrons. The van der Waals surface area contributed by atoms with Crippen molar-refractivity contribution in [3.05, 3.63) is 28.0 Å². The molecule has 0 radical (unpaired) electrons. The maximum atomic E-state index is 14.4. The van der Waals surface area contributed by atoms with Gasteiger partial charge in [-0.15, -0.1) is 0 Å². The monoisotopic (exact) mass is 378 g/mol. The van der Waals surface area contributed by atoms with Crippen molar-refractivity contribution in [2.75, 3.05) is 6.54 Å². The van der Waals surface area contributed by atoms with E-state index in [1.54, 1.807) is 6.07 Å². The lowest BCUT2D eigenvalue weighted by Gasteiger charge is -2.12. The van der Waals surface area contributed by atoms with Crippen molar-refractivity contribution in [2.24, 2.45) is 5.92 Å². The molecule has 1 aromatic carbocycles. The SMILES string of the molecule is CCNCc1cc(Br)cc(S(=O)(=O)NC2CC2CC)c1F. The Morgan fingerprint density at radius 1 is 1.38 bits per heavy atom. The van der Waals surface area contributed by atoms with Crippen LogP contribution in [-0.2, 0) is 16.6 Å². The van der Waals surface area contributed by atoms with Crippen LogP contribution in [0, 0.1) is 11.7 Å². The molecule has 21 heavy (non-hydrogen) atoms. The Morgan fingerprint density at radius 2 is 2.10 bits per heavy atom. The van der Waals surface area contributed by atoms with Gasteiger partial charge in [-0.25, -0.2) is 17.5 Å². The third-order valence-corrected chi connectivity index (χ3v) is 5.63. The van der Waals surface area contributed by atoms with E-state index in [0.29, 0.717) is 29.0 Å². The number of nitrogens with one attached hydrogen (secondary N) is 2. The van der Waals surface area contributed by atoms with Gasteiger partial charge < -0.3 is 5.32 Å². The first kappa shape index (κ1) is 16.9. The normalized spacial score (nSPS) is 21.5. The minimum absolute atomic E-state index is 0.0596. The van der Waals surface area contributed by atoms with Gasteiger partial charge in [-0.05, 0) is 31.0 Å². The van der Waals surface area contributed by atoms with Crippen molar-refractivity contribution in [1.82, 2.24) is 10.0 Å². The van der Waals surface area contributed by atoms with E-state index in [0.717, 1.165) is 12.8 Å². The van der Waals surface area contributed by atoms with Crippen molar-refractivity contribution < 1.29 is 12.8 Å². The van der Waals surface area contributed by atoms with E-state index >= 15 is 0 Å². The fourth-order valence-corrected chi connectivity index (χ4v) is 4.43. The van der Waals surface area contributed by atoms with Crippen molar-refractivity contribution in [3.63, 3.8) is 0 Å². The molecular weight excluding hydrogens is 359 g/mol. The molecule has 2 unspecified atom stereocenters. The lowest BCUT2D eigenvalue weighted by atomic mass is 10.2. The quantitative estimate of drug-likeness (QED) is 0.766. The maximum absolute atomic E-state index is 14.4. The Hall–Kier alpha value is -0.500. The van der Waals surface area contributed by atoms with Crippen LogP contribution in [0.2, 0.25) is 0 Å². The van der Waals surface area contributed by atoms with Crippen LogP contribution in [0.15, 0.2) is 21.5 Å². The molecule has 0 aromatic heterocycles. The summed E-state index contributed by atoms with van der Waals surface area (Å²) >= 11 is 3.25. The zero-order valence-corrected chi connectivity index (χ0v) is 14.5. The van der Waals surface area contributed by atoms with Crippen LogP contribution < -0.4 is 10.0 Å². The van der Waals surface area contributed by atoms with Crippen molar-refractivity contribution in [1.29, 1.82) is 0 Å². The van der Waals surface area contributed by atoms with Crippen LogP contribution in [0.1, 0.15) is 32.3 Å². The molecule has 0 spiro atoms. The average molecular weight is 379 g/mol. The largest absolute Gasteiger partial charge is 0.313 e. The predicted octanol–water partition coefficient (Wildman–Crippen LogP) is 2.77. The maximum Gasteiger partial charge on any atom is 0.243 e. The van der Waals surface area contributed by atoms with Crippen LogP contribution in [-0.4, -0.2) is 21.0 Å². The van der Waals surface area contributed by atoms with E-state index in [1.807, 2.05) is 13.8 Å². The molecule has 1 aliphatic rings. The summed E-state index contributed by atoms with van der Waals surface area (Å²) in [5, 5.41) is 3.00. The molecule has 0 aliphatic heterocycles. The molecule has 7 heteroatoms. The van der Waals surface area contributed by atoms with Crippen molar-refractivity contribution in [2.45, 2.75) is 44.2 Å². The Kier molecular flexibility index (Phi) is 5.40. The molecule has 0 bridgehead atoms. The minimum atomic E-state index is -3.82. The number of hydrogen-bond acceptors (Lipinski definition) is 3. The van der Waals surface area contributed by atoms with E-state index in [9.17, 15) is 12.8 Å². The van der Waals surface area contributed by atoms with Gasteiger partial charge in [0.2, 0.25) is 10.0 Å². The Bertz CT molecular complexity index is 622. The Labute approximate surface area is 133 Å². The van der Waals surface area contributed by atoms with Gasteiger partial charge in [0.05, 0.1) is 0 Å². The topological polar surface area (TPSA) is 58.2 Å². The van der Waals surface area contributed by atoms with E-state index in [4.69, 9.17) is 0 Å². The number of rotatable bonds is 7.